The van der Waals surface area contributed by atoms with Crippen LogP contribution in [0.25, 0.3) is 0 Å². The predicted octanol–water partition coefficient (Wildman–Crippen LogP) is 3.76. The summed E-state index contributed by atoms with van der Waals surface area (Å²) >= 11 is 3.27. The first kappa shape index (κ1) is 19.8. The van der Waals surface area contributed by atoms with E-state index >= 15 is 0 Å². The molecule has 9 heteroatoms. The van der Waals surface area contributed by atoms with Crippen molar-refractivity contribution in [3.63, 3.8) is 0 Å². The Kier molecular flexibility index (Phi) is 6.62. The van der Waals surface area contributed by atoms with E-state index in [9.17, 15) is 22.8 Å². The van der Waals surface area contributed by atoms with Crippen molar-refractivity contribution in [2.45, 2.75) is 6.18 Å². The molecule has 0 spiro atoms. The average Bonchev–Trinajstić information content (AvgIpc) is 2.59. The number of halogens is 4. The Bertz CT molecular complexity index is 780. The van der Waals surface area contributed by atoms with E-state index in [4.69, 9.17) is 4.74 Å². The monoisotopic (exact) mass is 430 g/mol. The maximum absolute atomic E-state index is 12.2. The first-order valence-electron chi connectivity index (χ1n) is 7.37. The molecule has 138 valence electrons. The standard InChI is InChI=1S/C17H14BrF3N2O3/c18-11-5-7-12(8-6-11)26-9-15(24)23-14-4-2-1-3-13(14)16(25)22-10-17(19,20)21/h1-8H,9-10H2,(H,22,25)(H,23,24). The fraction of sp³-hybridized carbons (Fsp3) is 0.176. The van der Waals surface area contributed by atoms with Gasteiger partial charge in [0, 0.05) is 4.47 Å². The lowest BCUT2D eigenvalue weighted by molar-refractivity contribution is -0.123. The van der Waals surface area contributed by atoms with Crippen molar-refractivity contribution in [3.8, 4) is 5.75 Å². The lowest BCUT2D eigenvalue weighted by Crippen LogP contribution is -2.34. The summed E-state index contributed by atoms with van der Waals surface area (Å²) in [4.78, 5) is 23.9. The van der Waals surface area contributed by atoms with Crippen LogP contribution in [0.2, 0.25) is 0 Å². The van der Waals surface area contributed by atoms with Crippen LogP contribution in [0.15, 0.2) is 53.0 Å². The summed E-state index contributed by atoms with van der Waals surface area (Å²) in [6, 6.07) is 12.6. The molecule has 0 saturated carbocycles. The summed E-state index contributed by atoms with van der Waals surface area (Å²) in [6.07, 6.45) is -4.52. The first-order valence-corrected chi connectivity index (χ1v) is 8.16. The van der Waals surface area contributed by atoms with Gasteiger partial charge in [-0.05, 0) is 36.4 Å². The van der Waals surface area contributed by atoms with Crippen LogP contribution >= 0.6 is 15.9 Å². The molecule has 0 aliphatic carbocycles. The van der Waals surface area contributed by atoms with Crippen LogP contribution in [0.5, 0.6) is 5.75 Å². The Morgan fingerprint density at radius 2 is 1.69 bits per heavy atom. The summed E-state index contributed by atoms with van der Waals surface area (Å²) in [5.74, 6) is -1.02. The number of alkyl halides is 3. The minimum absolute atomic E-state index is 0.0752. The largest absolute Gasteiger partial charge is 0.484 e. The third-order valence-corrected chi connectivity index (χ3v) is 3.61. The second-order valence-corrected chi connectivity index (χ2v) is 6.05. The summed E-state index contributed by atoms with van der Waals surface area (Å²) in [5, 5.41) is 4.22. The molecule has 0 unspecified atom stereocenters. The molecule has 0 saturated heterocycles. The molecule has 2 aromatic rings. The maximum Gasteiger partial charge on any atom is 0.405 e. The molecule has 0 atom stereocenters. The Morgan fingerprint density at radius 1 is 1.04 bits per heavy atom. The number of nitrogens with one attached hydrogen (secondary N) is 2. The quantitative estimate of drug-likeness (QED) is 0.732. The molecule has 5 nitrogen and oxygen atoms in total. The number of carbonyl (C=O) groups excluding carboxylic acids is 2. The average molecular weight is 431 g/mol. The van der Waals surface area contributed by atoms with Gasteiger partial charge in [-0.1, -0.05) is 28.1 Å². The molecule has 0 aromatic heterocycles. The number of amides is 2. The van der Waals surface area contributed by atoms with Crippen LogP contribution in [0.1, 0.15) is 10.4 Å². The molecule has 0 aliphatic rings. The summed E-state index contributed by atoms with van der Waals surface area (Å²) in [6.45, 7) is -1.78. The van der Waals surface area contributed by atoms with Crippen LogP contribution in [0.4, 0.5) is 18.9 Å². The summed E-state index contributed by atoms with van der Waals surface area (Å²) in [7, 11) is 0. The maximum atomic E-state index is 12.2. The topological polar surface area (TPSA) is 67.4 Å². The molecule has 0 aliphatic heterocycles. The van der Waals surface area contributed by atoms with E-state index in [0.717, 1.165) is 4.47 Å². The third-order valence-electron chi connectivity index (χ3n) is 3.08. The molecule has 0 radical (unpaired) electrons. The predicted molar refractivity (Wildman–Crippen MR) is 93.1 cm³/mol. The SMILES string of the molecule is O=C(COc1ccc(Br)cc1)Nc1ccccc1C(=O)NCC(F)(F)F. The zero-order valence-electron chi connectivity index (χ0n) is 13.3. The molecular formula is C17H14BrF3N2O3. The minimum Gasteiger partial charge on any atom is -0.484 e. The number of benzene rings is 2. The molecule has 0 fully saturated rings. The van der Waals surface area contributed by atoms with Gasteiger partial charge in [-0.3, -0.25) is 9.59 Å². The normalized spacial score (nSPS) is 10.9. The van der Waals surface area contributed by atoms with E-state index in [2.05, 4.69) is 21.2 Å². The molecule has 2 N–H and O–H groups in total. The lowest BCUT2D eigenvalue weighted by Gasteiger charge is -2.13. The van der Waals surface area contributed by atoms with Crippen molar-refractivity contribution >= 4 is 33.4 Å². The van der Waals surface area contributed by atoms with Crippen molar-refractivity contribution in [2.75, 3.05) is 18.5 Å². The molecule has 0 bridgehead atoms. The van der Waals surface area contributed by atoms with Crippen LogP contribution in [0, 0.1) is 0 Å². The number of anilines is 1. The third kappa shape index (κ3) is 6.40. The van der Waals surface area contributed by atoms with Crippen LogP contribution in [0.3, 0.4) is 0 Å². The fourth-order valence-electron chi connectivity index (χ4n) is 1.93. The second kappa shape index (κ2) is 8.70. The van der Waals surface area contributed by atoms with Crippen molar-refractivity contribution in [2.24, 2.45) is 0 Å². The Hall–Kier alpha value is -2.55. The van der Waals surface area contributed by atoms with Gasteiger partial charge in [0.1, 0.15) is 12.3 Å². The Morgan fingerprint density at radius 3 is 2.35 bits per heavy atom. The summed E-state index contributed by atoms with van der Waals surface area (Å²) in [5.41, 5.74) is 0.0188. The highest BCUT2D eigenvalue weighted by Crippen LogP contribution is 2.18. The number of hydrogen-bond donors (Lipinski definition) is 2. The number of rotatable bonds is 6. The number of carbonyl (C=O) groups is 2. The fourth-order valence-corrected chi connectivity index (χ4v) is 2.20. The molecular weight excluding hydrogens is 417 g/mol. The molecule has 2 aromatic carbocycles. The van der Waals surface area contributed by atoms with E-state index < -0.39 is 24.5 Å². The number of ether oxygens (including phenoxy) is 1. The van der Waals surface area contributed by atoms with Crippen LogP contribution in [-0.4, -0.2) is 31.1 Å². The highest BCUT2D eigenvalue weighted by atomic mass is 79.9. The highest BCUT2D eigenvalue weighted by molar-refractivity contribution is 9.10. The van der Waals surface area contributed by atoms with E-state index in [1.165, 1.54) is 18.2 Å². The van der Waals surface area contributed by atoms with Gasteiger partial charge >= 0.3 is 6.18 Å². The van der Waals surface area contributed by atoms with E-state index in [-0.39, 0.29) is 17.9 Å². The van der Waals surface area contributed by atoms with E-state index in [1.54, 1.807) is 35.6 Å². The first-order chi connectivity index (χ1) is 12.2. The van der Waals surface area contributed by atoms with E-state index in [0.29, 0.717) is 5.75 Å². The highest BCUT2D eigenvalue weighted by Gasteiger charge is 2.28. The number of para-hydroxylation sites is 1. The van der Waals surface area contributed by atoms with Gasteiger partial charge in [-0.25, -0.2) is 0 Å². The Balaban J connectivity index is 1.97. The van der Waals surface area contributed by atoms with Gasteiger partial charge in [-0.15, -0.1) is 0 Å². The minimum atomic E-state index is -4.52. The molecule has 0 heterocycles. The smallest absolute Gasteiger partial charge is 0.405 e. The van der Waals surface area contributed by atoms with Crippen molar-refractivity contribution in [1.29, 1.82) is 0 Å². The van der Waals surface area contributed by atoms with Crippen LogP contribution < -0.4 is 15.4 Å². The van der Waals surface area contributed by atoms with Gasteiger partial charge in [0.15, 0.2) is 6.61 Å². The zero-order chi connectivity index (χ0) is 19.2. The lowest BCUT2D eigenvalue weighted by atomic mass is 10.1. The molecule has 2 amide bonds. The van der Waals surface area contributed by atoms with Crippen molar-refractivity contribution < 1.29 is 27.5 Å². The second-order valence-electron chi connectivity index (χ2n) is 5.13. The van der Waals surface area contributed by atoms with Gasteiger partial charge in [-0.2, -0.15) is 13.2 Å². The number of hydrogen-bond acceptors (Lipinski definition) is 3. The zero-order valence-corrected chi connectivity index (χ0v) is 14.9. The van der Waals surface area contributed by atoms with Gasteiger partial charge in [0.25, 0.3) is 11.8 Å². The van der Waals surface area contributed by atoms with Crippen LogP contribution in [-0.2, 0) is 4.79 Å². The molecule has 26 heavy (non-hydrogen) atoms. The van der Waals surface area contributed by atoms with Crippen molar-refractivity contribution in [3.05, 3.63) is 58.6 Å². The van der Waals surface area contributed by atoms with E-state index in [1.807, 2.05) is 0 Å². The van der Waals surface area contributed by atoms with Crippen molar-refractivity contribution in [1.82, 2.24) is 5.32 Å². The van der Waals surface area contributed by atoms with Gasteiger partial charge < -0.3 is 15.4 Å². The molecule has 2 rings (SSSR count). The van der Waals surface area contributed by atoms with Gasteiger partial charge in [0.2, 0.25) is 0 Å². The summed E-state index contributed by atoms with van der Waals surface area (Å²) < 4.78 is 42.8. The van der Waals surface area contributed by atoms with Gasteiger partial charge in [0.05, 0.1) is 11.3 Å². The Labute approximate surface area is 155 Å².